The molecule has 0 aromatic heterocycles. The van der Waals surface area contributed by atoms with Crippen molar-refractivity contribution in [3.63, 3.8) is 0 Å². The first-order chi connectivity index (χ1) is 8.70. The van der Waals surface area contributed by atoms with Gasteiger partial charge in [0.1, 0.15) is 0 Å². The van der Waals surface area contributed by atoms with Crippen molar-refractivity contribution in [1.29, 1.82) is 0 Å². The summed E-state index contributed by atoms with van der Waals surface area (Å²) in [6.07, 6.45) is 0. The number of nitrogens with one attached hydrogen (secondary N) is 1. The fourth-order valence-corrected chi connectivity index (χ4v) is 2.34. The Bertz CT molecular complexity index is 525. The highest BCUT2D eigenvalue weighted by atomic mass is 79.9. The zero-order valence-corrected chi connectivity index (χ0v) is 11.9. The molecule has 0 radical (unpaired) electrons. The number of hydrogen-bond donors (Lipinski definition) is 2. The van der Waals surface area contributed by atoms with E-state index in [0.29, 0.717) is 6.54 Å². The van der Waals surface area contributed by atoms with Crippen LogP contribution >= 0.6 is 15.9 Å². The predicted octanol–water partition coefficient (Wildman–Crippen LogP) is 3.87. The fourth-order valence-electron chi connectivity index (χ4n) is 1.92. The Morgan fingerprint density at radius 2 is 1.94 bits per heavy atom. The predicted molar refractivity (Wildman–Crippen MR) is 80.7 cm³/mol. The highest BCUT2D eigenvalue weighted by Crippen LogP contribution is 2.23. The quantitative estimate of drug-likeness (QED) is 0.900. The zero-order chi connectivity index (χ0) is 13.0. The lowest BCUT2D eigenvalue weighted by Gasteiger charge is -2.20. The molecule has 0 aliphatic rings. The van der Waals surface area contributed by atoms with Crippen molar-refractivity contribution in [2.75, 3.05) is 11.9 Å². The first-order valence-corrected chi connectivity index (χ1v) is 6.77. The third kappa shape index (κ3) is 3.12. The van der Waals surface area contributed by atoms with Crippen LogP contribution in [0.4, 0.5) is 5.69 Å². The Morgan fingerprint density at radius 3 is 2.61 bits per heavy atom. The van der Waals surface area contributed by atoms with E-state index in [4.69, 9.17) is 5.73 Å². The molecule has 2 aromatic rings. The molecule has 0 saturated carbocycles. The molecule has 0 aliphatic heterocycles. The van der Waals surface area contributed by atoms with Gasteiger partial charge in [0.2, 0.25) is 0 Å². The van der Waals surface area contributed by atoms with E-state index >= 15 is 0 Å². The Morgan fingerprint density at radius 1 is 1.17 bits per heavy atom. The third-order valence-electron chi connectivity index (χ3n) is 2.96. The van der Waals surface area contributed by atoms with E-state index in [1.807, 2.05) is 24.3 Å². The monoisotopic (exact) mass is 304 g/mol. The number of rotatable bonds is 4. The fraction of sp³-hybridized carbons (Fsp3) is 0.200. The van der Waals surface area contributed by atoms with Gasteiger partial charge in [0, 0.05) is 16.7 Å². The van der Waals surface area contributed by atoms with Gasteiger partial charge in [0.25, 0.3) is 0 Å². The van der Waals surface area contributed by atoms with E-state index in [0.717, 1.165) is 10.2 Å². The molecule has 2 rings (SSSR count). The molecule has 0 amide bonds. The topological polar surface area (TPSA) is 38.0 Å². The Hall–Kier alpha value is -1.32. The highest BCUT2D eigenvalue weighted by molar-refractivity contribution is 9.10. The van der Waals surface area contributed by atoms with E-state index < -0.39 is 0 Å². The van der Waals surface area contributed by atoms with E-state index in [2.05, 4.69) is 52.4 Å². The minimum absolute atomic E-state index is 0.128. The molecule has 0 aliphatic carbocycles. The minimum Gasteiger partial charge on any atom is -0.377 e. The van der Waals surface area contributed by atoms with Crippen LogP contribution in [0, 0.1) is 6.92 Å². The average Bonchev–Trinajstić information content (AvgIpc) is 2.38. The first-order valence-electron chi connectivity index (χ1n) is 5.98. The van der Waals surface area contributed by atoms with Gasteiger partial charge >= 0.3 is 0 Å². The van der Waals surface area contributed by atoms with Crippen LogP contribution in [0.5, 0.6) is 0 Å². The van der Waals surface area contributed by atoms with Crippen LogP contribution in [-0.2, 0) is 0 Å². The van der Waals surface area contributed by atoms with Gasteiger partial charge in [0.05, 0.1) is 6.04 Å². The summed E-state index contributed by atoms with van der Waals surface area (Å²) in [5.74, 6) is 0. The van der Waals surface area contributed by atoms with Crippen LogP contribution in [0.1, 0.15) is 17.2 Å². The van der Waals surface area contributed by atoms with E-state index in [1.165, 1.54) is 11.1 Å². The average molecular weight is 305 g/mol. The van der Waals surface area contributed by atoms with Crippen LogP contribution in [0.25, 0.3) is 0 Å². The van der Waals surface area contributed by atoms with Crippen molar-refractivity contribution in [2.24, 2.45) is 5.73 Å². The smallest absolute Gasteiger partial charge is 0.0636 e. The molecule has 3 heteroatoms. The summed E-state index contributed by atoms with van der Waals surface area (Å²) in [5.41, 5.74) is 9.42. The Balaban J connectivity index is 2.23. The Kier molecular flexibility index (Phi) is 4.39. The van der Waals surface area contributed by atoms with Crippen LogP contribution in [0.3, 0.4) is 0 Å². The Labute approximate surface area is 116 Å². The largest absolute Gasteiger partial charge is 0.377 e. The standard InChI is InChI=1S/C15H17BrN2/c1-11-5-2-3-8-14(11)18-15(10-17)12-6-4-7-13(16)9-12/h2-9,15,18H,10,17H2,1H3. The third-order valence-corrected chi connectivity index (χ3v) is 3.45. The SMILES string of the molecule is Cc1ccccc1NC(CN)c1cccc(Br)c1. The molecular formula is C15H17BrN2. The number of hydrogen-bond acceptors (Lipinski definition) is 2. The van der Waals surface area contributed by atoms with Crippen molar-refractivity contribution >= 4 is 21.6 Å². The van der Waals surface area contributed by atoms with Crippen molar-refractivity contribution in [2.45, 2.75) is 13.0 Å². The van der Waals surface area contributed by atoms with Gasteiger partial charge in [0.15, 0.2) is 0 Å². The van der Waals surface area contributed by atoms with Gasteiger partial charge in [-0.25, -0.2) is 0 Å². The van der Waals surface area contributed by atoms with E-state index in [-0.39, 0.29) is 6.04 Å². The van der Waals surface area contributed by atoms with E-state index in [9.17, 15) is 0 Å². The van der Waals surface area contributed by atoms with Crippen molar-refractivity contribution in [3.05, 3.63) is 64.1 Å². The van der Waals surface area contributed by atoms with Crippen molar-refractivity contribution in [1.82, 2.24) is 0 Å². The van der Waals surface area contributed by atoms with Crippen molar-refractivity contribution < 1.29 is 0 Å². The maximum atomic E-state index is 5.87. The molecule has 0 bridgehead atoms. The molecule has 0 saturated heterocycles. The van der Waals surface area contributed by atoms with Gasteiger partial charge in [-0.3, -0.25) is 0 Å². The maximum absolute atomic E-state index is 5.87. The van der Waals surface area contributed by atoms with Gasteiger partial charge in [-0.15, -0.1) is 0 Å². The summed E-state index contributed by atoms with van der Waals surface area (Å²) in [5, 5.41) is 3.49. The summed E-state index contributed by atoms with van der Waals surface area (Å²) in [6, 6.07) is 16.6. The van der Waals surface area contributed by atoms with Gasteiger partial charge in [-0.1, -0.05) is 46.3 Å². The minimum atomic E-state index is 0.128. The molecule has 18 heavy (non-hydrogen) atoms. The lowest BCUT2D eigenvalue weighted by atomic mass is 10.1. The number of nitrogens with two attached hydrogens (primary N) is 1. The summed E-state index contributed by atoms with van der Waals surface area (Å²) in [4.78, 5) is 0. The zero-order valence-electron chi connectivity index (χ0n) is 10.4. The molecule has 0 spiro atoms. The summed E-state index contributed by atoms with van der Waals surface area (Å²) < 4.78 is 1.07. The number of benzene rings is 2. The maximum Gasteiger partial charge on any atom is 0.0636 e. The summed E-state index contributed by atoms with van der Waals surface area (Å²) >= 11 is 3.49. The van der Waals surface area contributed by atoms with E-state index in [1.54, 1.807) is 0 Å². The van der Waals surface area contributed by atoms with Crippen LogP contribution < -0.4 is 11.1 Å². The number of aryl methyl sites for hydroxylation is 1. The first kappa shape index (κ1) is 13.1. The molecule has 1 unspecified atom stereocenters. The molecular weight excluding hydrogens is 288 g/mol. The second-order valence-corrected chi connectivity index (χ2v) is 5.22. The van der Waals surface area contributed by atoms with Crippen LogP contribution in [-0.4, -0.2) is 6.54 Å². The van der Waals surface area contributed by atoms with Crippen LogP contribution in [0.2, 0.25) is 0 Å². The number of para-hydroxylation sites is 1. The highest BCUT2D eigenvalue weighted by Gasteiger charge is 2.10. The lowest BCUT2D eigenvalue weighted by Crippen LogP contribution is -2.20. The second kappa shape index (κ2) is 6.03. The van der Waals surface area contributed by atoms with Crippen molar-refractivity contribution in [3.8, 4) is 0 Å². The molecule has 2 aromatic carbocycles. The molecule has 0 heterocycles. The molecule has 1 atom stereocenters. The number of halogens is 1. The molecule has 3 N–H and O–H groups in total. The molecule has 2 nitrogen and oxygen atoms in total. The summed E-state index contributed by atoms with van der Waals surface area (Å²) in [6.45, 7) is 2.65. The molecule has 0 fully saturated rings. The number of anilines is 1. The molecule has 94 valence electrons. The normalized spacial score (nSPS) is 12.2. The van der Waals surface area contributed by atoms with Crippen LogP contribution in [0.15, 0.2) is 53.0 Å². The lowest BCUT2D eigenvalue weighted by molar-refractivity contribution is 0.788. The van der Waals surface area contributed by atoms with Gasteiger partial charge in [-0.2, -0.15) is 0 Å². The van der Waals surface area contributed by atoms with Gasteiger partial charge < -0.3 is 11.1 Å². The summed E-state index contributed by atoms with van der Waals surface area (Å²) in [7, 11) is 0. The van der Waals surface area contributed by atoms with Gasteiger partial charge in [-0.05, 0) is 36.2 Å². The second-order valence-electron chi connectivity index (χ2n) is 4.30.